The summed E-state index contributed by atoms with van der Waals surface area (Å²) in [4.78, 5) is 22.7. The quantitative estimate of drug-likeness (QED) is 0.797. The molecule has 0 saturated carbocycles. The molecule has 1 aromatic carbocycles. The van der Waals surface area contributed by atoms with Crippen LogP contribution in [0, 0.1) is 12.8 Å². The van der Waals surface area contributed by atoms with Gasteiger partial charge in [-0.25, -0.2) is 9.97 Å². The van der Waals surface area contributed by atoms with Gasteiger partial charge in [0.2, 0.25) is 0 Å². The molecule has 1 atom stereocenters. The van der Waals surface area contributed by atoms with Crippen LogP contribution in [0.15, 0.2) is 30.6 Å². The number of nitrogen functional groups attached to an aromatic ring is 1. The summed E-state index contributed by atoms with van der Waals surface area (Å²) in [6.45, 7) is 5.63. The van der Waals surface area contributed by atoms with Crippen LogP contribution in [0.1, 0.15) is 25.3 Å². The maximum atomic E-state index is 12.1. The van der Waals surface area contributed by atoms with Crippen LogP contribution < -0.4 is 16.0 Å². The van der Waals surface area contributed by atoms with Gasteiger partial charge in [0.1, 0.15) is 12.0 Å². The first-order chi connectivity index (χ1) is 12.6. The van der Waals surface area contributed by atoms with Crippen molar-refractivity contribution in [3.8, 4) is 0 Å². The minimum absolute atomic E-state index is 0.147. The minimum atomic E-state index is -0.150. The van der Waals surface area contributed by atoms with Crippen LogP contribution in [0.2, 0.25) is 0 Å². The fraction of sp³-hybridized carbons (Fsp3) is 0.421. The van der Waals surface area contributed by atoms with Crippen LogP contribution in [0.4, 0.5) is 23.0 Å². The predicted octanol–water partition coefficient (Wildman–Crippen LogP) is 2.89. The molecule has 0 amide bonds. The standard InChI is InChI=1S/C19H25N5O2/c1-3-26-19(25)14-5-4-10-24(11-14)18-16(20)17(21-12-22-18)23-15-8-6-13(2)7-9-15/h6-9,12,14H,3-5,10-11,20H2,1-2H3,(H,21,22,23). The molecule has 1 fully saturated rings. The number of piperidine rings is 1. The van der Waals surface area contributed by atoms with Gasteiger partial charge < -0.3 is 20.7 Å². The Morgan fingerprint density at radius 1 is 1.35 bits per heavy atom. The van der Waals surface area contributed by atoms with E-state index in [2.05, 4.69) is 15.3 Å². The number of carbonyl (C=O) groups is 1. The van der Waals surface area contributed by atoms with Crippen LogP contribution in [0.3, 0.4) is 0 Å². The van der Waals surface area contributed by atoms with E-state index in [0.29, 0.717) is 30.5 Å². The van der Waals surface area contributed by atoms with Crippen molar-refractivity contribution >= 4 is 29.0 Å². The third-order valence-corrected chi connectivity index (χ3v) is 4.52. The number of nitrogens with two attached hydrogens (primary N) is 1. The SMILES string of the molecule is CCOC(=O)C1CCCN(c2ncnc(Nc3ccc(C)cc3)c2N)C1. The molecule has 2 heterocycles. The molecule has 7 heteroatoms. The Morgan fingerprint density at radius 3 is 2.85 bits per heavy atom. The van der Waals surface area contributed by atoms with Gasteiger partial charge in [-0.2, -0.15) is 0 Å². The highest BCUT2D eigenvalue weighted by atomic mass is 16.5. The summed E-state index contributed by atoms with van der Waals surface area (Å²) in [5.74, 6) is 0.926. The highest BCUT2D eigenvalue weighted by Gasteiger charge is 2.29. The number of benzene rings is 1. The van der Waals surface area contributed by atoms with Gasteiger partial charge in [-0.1, -0.05) is 17.7 Å². The normalized spacial score (nSPS) is 17.0. The maximum absolute atomic E-state index is 12.1. The average molecular weight is 355 g/mol. The zero-order valence-electron chi connectivity index (χ0n) is 15.2. The number of anilines is 4. The molecule has 3 N–H and O–H groups in total. The number of hydrogen-bond donors (Lipinski definition) is 2. The van der Waals surface area contributed by atoms with Crippen molar-refractivity contribution in [3.63, 3.8) is 0 Å². The summed E-state index contributed by atoms with van der Waals surface area (Å²) in [6.07, 6.45) is 3.22. The zero-order chi connectivity index (χ0) is 18.5. The summed E-state index contributed by atoms with van der Waals surface area (Å²) in [5, 5.41) is 3.24. The first kappa shape index (κ1) is 18.0. The van der Waals surface area contributed by atoms with E-state index >= 15 is 0 Å². The van der Waals surface area contributed by atoms with Crippen molar-refractivity contribution < 1.29 is 9.53 Å². The Labute approximate surface area is 153 Å². The molecule has 3 rings (SSSR count). The second-order valence-corrected chi connectivity index (χ2v) is 6.49. The lowest BCUT2D eigenvalue weighted by atomic mass is 9.98. The lowest BCUT2D eigenvalue weighted by molar-refractivity contribution is -0.148. The second kappa shape index (κ2) is 8.03. The average Bonchev–Trinajstić information content (AvgIpc) is 2.65. The molecule has 1 aromatic heterocycles. The molecule has 1 unspecified atom stereocenters. The molecule has 1 aliphatic rings. The predicted molar refractivity (Wildman–Crippen MR) is 102 cm³/mol. The largest absolute Gasteiger partial charge is 0.466 e. The molecule has 26 heavy (non-hydrogen) atoms. The molecule has 0 spiro atoms. The van der Waals surface area contributed by atoms with Crippen LogP contribution >= 0.6 is 0 Å². The Hall–Kier alpha value is -2.83. The van der Waals surface area contributed by atoms with E-state index in [1.54, 1.807) is 0 Å². The summed E-state index contributed by atoms with van der Waals surface area (Å²) in [5.41, 5.74) is 8.91. The van der Waals surface area contributed by atoms with E-state index in [9.17, 15) is 4.79 Å². The Morgan fingerprint density at radius 2 is 2.12 bits per heavy atom. The van der Waals surface area contributed by atoms with Gasteiger partial charge in [-0.3, -0.25) is 4.79 Å². The number of ether oxygens (including phenoxy) is 1. The molecule has 0 radical (unpaired) electrons. The zero-order valence-corrected chi connectivity index (χ0v) is 15.2. The van der Waals surface area contributed by atoms with E-state index in [1.807, 2.05) is 43.0 Å². The molecule has 1 aliphatic heterocycles. The summed E-state index contributed by atoms with van der Waals surface area (Å²) < 4.78 is 5.17. The molecule has 0 bridgehead atoms. The third kappa shape index (κ3) is 4.04. The molecular formula is C19H25N5O2. The molecule has 7 nitrogen and oxygen atoms in total. The molecular weight excluding hydrogens is 330 g/mol. The van der Waals surface area contributed by atoms with Gasteiger partial charge in [0.15, 0.2) is 11.6 Å². The van der Waals surface area contributed by atoms with Crippen LogP contribution in [-0.2, 0) is 9.53 Å². The van der Waals surface area contributed by atoms with Gasteiger partial charge in [-0.05, 0) is 38.8 Å². The smallest absolute Gasteiger partial charge is 0.310 e. The monoisotopic (exact) mass is 355 g/mol. The summed E-state index contributed by atoms with van der Waals surface area (Å²) in [7, 11) is 0. The fourth-order valence-electron chi connectivity index (χ4n) is 3.13. The second-order valence-electron chi connectivity index (χ2n) is 6.49. The van der Waals surface area contributed by atoms with Crippen molar-refractivity contribution in [1.29, 1.82) is 0 Å². The van der Waals surface area contributed by atoms with E-state index < -0.39 is 0 Å². The number of carbonyl (C=O) groups excluding carboxylic acids is 1. The number of nitrogens with one attached hydrogen (secondary N) is 1. The van der Waals surface area contributed by atoms with Crippen LogP contribution in [-0.4, -0.2) is 35.6 Å². The fourth-order valence-corrected chi connectivity index (χ4v) is 3.13. The first-order valence-electron chi connectivity index (χ1n) is 8.94. The third-order valence-electron chi connectivity index (χ3n) is 4.52. The van der Waals surface area contributed by atoms with Crippen molar-refractivity contribution in [2.45, 2.75) is 26.7 Å². The number of hydrogen-bond acceptors (Lipinski definition) is 7. The highest BCUT2D eigenvalue weighted by molar-refractivity contribution is 5.79. The Bertz CT molecular complexity index is 763. The van der Waals surface area contributed by atoms with Crippen LogP contribution in [0.5, 0.6) is 0 Å². The van der Waals surface area contributed by atoms with Gasteiger partial charge >= 0.3 is 5.97 Å². The summed E-state index contributed by atoms with van der Waals surface area (Å²) >= 11 is 0. The van der Waals surface area contributed by atoms with Crippen LogP contribution in [0.25, 0.3) is 0 Å². The van der Waals surface area contributed by atoms with E-state index in [0.717, 1.165) is 25.1 Å². The lowest BCUT2D eigenvalue weighted by Crippen LogP contribution is -2.40. The van der Waals surface area contributed by atoms with Crippen molar-refractivity contribution in [3.05, 3.63) is 36.2 Å². The molecule has 0 aliphatic carbocycles. The molecule has 138 valence electrons. The topological polar surface area (TPSA) is 93.4 Å². The Balaban J connectivity index is 1.78. The number of nitrogens with zero attached hydrogens (tertiary/aromatic N) is 3. The molecule has 1 saturated heterocycles. The van der Waals surface area contributed by atoms with E-state index in [1.165, 1.54) is 11.9 Å². The number of aromatic nitrogens is 2. The highest BCUT2D eigenvalue weighted by Crippen LogP contribution is 2.31. The first-order valence-corrected chi connectivity index (χ1v) is 8.94. The maximum Gasteiger partial charge on any atom is 0.310 e. The molecule has 2 aromatic rings. The lowest BCUT2D eigenvalue weighted by Gasteiger charge is -2.33. The van der Waals surface area contributed by atoms with Gasteiger partial charge in [0.25, 0.3) is 0 Å². The number of aryl methyl sites for hydroxylation is 1. The van der Waals surface area contributed by atoms with Gasteiger partial charge in [0.05, 0.1) is 12.5 Å². The van der Waals surface area contributed by atoms with E-state index in [-0.39, 0.29) is 11.9 Å². The number of rotatable bonds is 5. The number of esters is 1. The van der Waals surface area contributed by atoms with E-state index in [4.69, 9.17) is 10.5 Å². The van der Waals surface area contributed by atoms with Crippen molar-refractivity contribution in [2.24, 2.45) is 5.92 Å². The summed E-state index contributed by atoms with van der Waals surface area (Å²) in [6, 6.07) is 8.01. The van der Waals surface area contributed by atoms with Crippen molar-refractivity contribution in [1.82, 2.24) is 9.97 Å². The Kier molecular flexibility index (Phi) is 5.55. The van der Waals surface area contributed by atoms with Gasteiger partial charge in [-0.15, -0.1) is 0 Å². The minimum Gasteiger partial charge on any atom is -0.466 e. The van der Waals surface area contributed by atoms with Gasteiger partial charge in [0, 0.05) is 18.8 Å². The van der Waals surface area contributed by atoms with Crippen molar-refractivity contribution in [2.75, 3.05) is 35.6 Å².